The molecule has 0 radical (unpaired) electrons. The quantitative estimate of drug-likeness (QED) is 0.597. The molecule has 1 N–H and O–H groups in total. The monoisotopic (exact) mass is 386 g/mol. The van der Waals surface area contributed by atoms with Crippen molar-refractivity contribution < 1.29 is 9.53 Å². The van der Waals surface area contributed by atoms with Gasteiger partial charge in [0.15, 0.2) is 0 Å². The minimum absolute atomic E-state index is 0.0353. The molecule has 1 aliphatic heterocycles. The Bertz CT molecular complexity index is 970. The lowest BCUT2D eigenvalue weighted by atomic mass is 10.0. The van der Waals surface area contributed by atoms with Crippen molar-refractivity contribution in [1.82, 2.24) is 4.90 Å². The van der Waals surface area contributed by atoms with Crippen molar-refractivity contribution in [3.8, 4) is 5.75 Å². The largest absolute Gasteiger partial charge is 0.491 e. The zero-order valence-corrected chi connectivity index (χ0v) is 16.8. The predicted octanol–water partition coefficient (Wildman–Crippen LogP) is 5.63. The Balaban J connectivity index is 1.66. The van der Waals surface area contributed by atoms with Crippen LogP contribution in [-0.4, -0.2) is 16.9 Å². The van der Waals surface area contributed by atoms with Crippen LogP contribution in [0.4, 0.5) is 5.69 Å². The third-order valence-electron chi connectivity index (χ3n) is 5.33. The van der Waals surface area contributed by atoms with Crippen LogP contribution in [-0.2, 0) is 6.54 Å². The second-order valence-electron chi connectivity index (χ2n) is 7.42. The van der Waals surface area contributed by atoms with E-state index in [1.807, 2.05) is 83.8 Å². The standard InChI is InChI=1S/C25H26N2O2/c1-3-18(2)29-21-15-13-20(14-16-21)24-26-23-12-8-7-11-22(23)25(28)27(24)17-19-9-5-4-6-10-19/h4-16,18,24,26H,3,17H2,1-2H3. The van der Waals surface area contributed by atoms with E-state index < -0.39 is 0 Å². The summed E-state index contributed by atoms with van der Waals surface area (Å²) < 4.78 is 5.90. The van der Waals surface area contributed by atoms with Crippen molar-refractivity contribution >= 4 is 11.6 Å². The van der Waals surface area contributed by atoms with Crippen molar-refractivity contribution in [1.29, 1.82) is 0 Å². The number of amides is 1. The van der Waals surface area contributed by atoms with E-state index in [4.69, 9.17) is 4.74 Å². The molecule has 1 heterocycles. The molecule has 4 rings (SSSR count). The van der Waals surface area contributed by atoms with Gasteiger partial charge in [-0.1, -0.05) is 61.5 Å². The van der Waals surface area contributed by atoms with Gasteiger partial charge >= 0.3 is 0 Å². The molecule has 3 aromatic carbocycles. The summed E-state index contributed by atoms with van der Waals surface area (Å²) in [6.07, 6.45) is 0.897. The lowest BCUT2D eigenvalue weighted by molar-refractivity contribution is 0.0666. The van der Waals surface area contributed by atoms with Gasteiger partial charge in [0, 0.05) is 12.2 Å². The minimum atomic E-state index is -0.241. The molecule has 0 spiro atoms. The molecule has 4 nitrogen and oxygen atoms in total. The summed E-state index contributed by atoms with van der Waals surface area (Å²) in [6, 6.07) is 25.8. The molecule has 4 heteroatoms. The molecule has 1 amide bonds. The maximum absolute atomic E-state index is 13.3. The Kier molecular flexibility index (Phi) is 5.52. The lowest BCUT2D eigenvalue weighted by Gasteiger charge is -2.38. The molecule has 148 valence electrons. The molecule has 3 aromatic rings. The average Bonchev–Trinajstić information content (AvgIpc) is 2.77. The molecule has 0 aliphatic carbocycles. The van der Waals surface area contributed by atoms with Crippen LogP contribution in [0.15, 0.2) is 78.9 Å². The zero-order valence-electron chi connectivity index (χ0n) is 16.8. The van der Waals surface area contributed by atoms with E-state index >= 15 is 0 Å². The van der Waals surface area contributed by atoms with Crippen molar-refractivity contribution in [2.45, 2.75) is 39.1 Å². The lowest BCUT2D eigenvalue weighted by Crippen LogP contribution is -2.42. The topological polar surface area (TPSA) is 41.6 Å². The molecule has 0 bridgehead atoms. The van der Waals surface area contributed by atoms with Crippen LogP contribution in [0.3, 0.4) is 0 Å². The summed E-state index contributed by atoms with van der Waals surface area (Å²) in [5.74, 6) is 0.883. The molecule has 2 atom stereocenters. The number of anilines is 1. The Hall–Kier alpha value is -3.27. The second-order valence-corrected chi connectivity index (χ2v) is 7.42. The van der Waals surface area contributed by atoms with E-state index in [1.165, 1.54) is 0 Å². The molecule has 1 aliphatic rings. The molecule has 0 saturated carbocycles. The second kappa shape index (κ2) is 8.39. The summed E-state index contributed by atoms with van der Waals surface area (Å²) in [4.78, 5) is 15.2. The average molecular weight is 386 g/mol. The molecule has 0 fully saturated rings. The third-order valence-corrected chi connectivity index (χ3v) is 5.33. The number of rotatable bonds is 6. The summed E-state index contributed by atoms with van der Waals surface area (Å²) in [6.45, 7) is 4.71. The number of carbonyl (C=O) groups is 1. The number of carbonyl (C=O) groups excluding carboxylic acids is 1. The van der Waals surface area contributed by atoms with E-state index in [0.717, 1.165) is 29.0 Å². The van der Waals surface area contributed by atoms with Gasteiger partial charge < -0.3 is 15.0 Å². The van der Waals surface area contributed by atoms with Crippen LogP contribution in [0.5, 0.6) is 5.75 Å². The number of nitrogens with one attached hydrogen (secondary N) is 1. The predicted molar refractivity (Wildman–Crippen MR) is 116 cm³/mol. The fourth-order valence-corrected chi connectivity index (χ4v) is 3.54. The van der Waals surface area contributed by atoms with E-state index in [0.29, 0.717) is 12.1 Å². The number of fused-ring (bicyclic) bond motifs is 1. The van der Waals surface area contributed by atoms with Crippen molar-refractivity contribution in [3.63, 3.8) is 0 Å². The van der Waals surface area contributed by atoms with Crippen molar-refractivity contribution in [3.05, 3.63) is 95.6 Å². The number of hydrogen-bond donors (Lipinski definition) is 1. The van der Waals surface area contributed by atoms with Crippen LogP contribution in [0.1, 0.15) is 47.9 Å². The van der Waals surface area contributed by atoms with Gasteiger partial charge in [0.1, 0.15) is 11.9 Å². The molecule has 2 unspecified atom stereocenters. The Labute approximate surface area is 172 Å². The third kappa shape index (κ3) is 4.11. The Morgan fingerprint density at radius 1 is 0.966 bits per heavy atom. The van der Waals surface area contributed by atoms with Crippen molar-refractivity contribution in [2.24, 2.45) is 0 Å². The zero-order chi connectivity index (χ0) is 20.2. The van der Waals surface area contributed by atoms with Gasteiger partial charge in [0.25, 0.3) is 5.91 Å². The highest BCUT2D eigenvalue weighted by molar-refractivity contribution is 6.01. The van der Waals surface area contributed by atoms with Gasteiger partial charge in [-0.3, -0.25) is 4.79 Å². The Morgan fingerprint density at radius 2 is 1.66 bits per heavy atom. The van der Waals surface area contributed by atoms with Gasteiger partial charge in [-0.05, 0) is 48.7 Å². The first-order valence-corrected chi connectivity index (χ1v) is 10.1. The van der Waals surface area contributed by atoms with Gasteiger partial charge in [-0.25, -0.2) is 0 Å². The fraction of sp³-hybridized carbons (Fsp3) is 0.240. The summed E-state index contributed by atoms with van der Waals surface area (Å²) in [7, 11) is 0. The van der Waals surface area contributed by atoms with Gasteiger partial charge in [0.2, 0.25) is 0 Å². The first-order chi connectivity index (χ1) is 14.2. The highest BCUT2D eigenvalue weighted by Crippen LogP contribution is 2.34. The summed E-state index contributed by atoms with van der Waals surface area (Å²) in [5, 5.41) is 3.55. The van der Waals surface area contributed by atoms with E-state index in [1.54, 1.807) is 0 Å². The summed E-state index contributed by atoms with van der Waals surface area (Å²) in [5.41, 5.74) is 3.70. The van der Waals surface area contributed by atoms with E-state index in [9.17, 15) is 4.79 Å². The maximum Gasteiger partial charge on any atom is 0.258 e. The van der Waals surface area contributed by atoms with Crippen LogP contribution in [0.25, 0.3) is 0 Å². The van der Waals surface area contributed by atoms with Crippen LogP contribution in [0, 0.1) is 0 Å². The molecule has 29 heavy (non-hydrogen) atoms. The number of hydrogen-bond acceptors (Lipinski definition) is 3. The first kappa shape index (κ1) is 19.1. The number of nitrogens with zero attached hydrogens (tertiary/aromatic N) is 1. The number of ether oxygens (including phenoxy) is 1. The maximum atomic E-state index is 13.3. The minimum Gasteiger partial charge on any atom is -0.491 e. The smallest absolute Gasteiger partial charge is 0.258 e. The van der Waals surface area contributed by atoms with Gasteiger partial charge in [-0.2, -0.15) is 0 Å². The fourth-order valence-electron chi connectivity index (χ4n) is 3.54. The molecule has 0 aromatic heterocycles. The van der Waals surface area contributed by atoms with Crippen molar-refractivity contribution in [2.75, 3.05) is 5.32 Å². The Morgan fingerprint density at radius 3 is 2.38 bits per heavy atom. The normalized spacial score (nSPS) is 16.7. The molecular weight excluding hydrogens is 360 g/mol. The van der Waals surface area contributed by atoms with Crippen LogP contribution < -0.4 is 10.1 Å². The van der Waals surface area contributed by atoms with Crippen LogP contribution >= 0.6 is 0 Å². The van der Waals surface area contributed by atoms with Gasteiger partial charge in [-0.15, -0.1) is 0 Å². The van der Waals surface area contributed by atoms with E-state index in [-0.39, 0.29) is 18.2 Å². The highest BCUT2D eigenvalue weighted by atomic mass is 16.5. The summed E-state index contributed by atoms with van der Waals surface area (Å²) >= 11 is 0. The number of benzene rings is 3. The van der Waals surface area contributed by atoms with Gasteiger partial charge in [0.05, 0.1) is 11.7 Å². The first-order valence-electron chi connectivity index (χ1n) is 10.1. The number of para-hydroxylation sites is 1. The van der Waals surface area contributed by atoms with E-state index in [2.05, 4.69) is 19.2 Å². The SMILES string of the molecule is CCC(C)Oc1ccc(C2Nc3ccccc3C(=O)N2Cc2ccccc2)cc1. The highest BCUT2D eigenvalue weighted by Gasteiger charge is 2.32. The molecule has 0 saturated heterocycles. The molecular formula is C25H26N2O2. The van der Waals surface area contributed by atoms with Crippen LogP contribution in [0.2, 0.25) is 0 Å².